The first kappa shape index (κ1) is 35.4. The third-order valence-electron chi connectivity index (χ3n) is 9.35. The van der Waals surface area contributed by atoms with Gasteiger partial charge in [0.05, 0.1) is 18.3 Å². The first-order valence-electron chi connectivity index (χ1n) is 17.7. The van der Waals surface area contributed by atoms with E-state index in [4.69, 9.17) is 20.8 Å². The van der Waals surface area contributed by atoms with Crippen LogP contribution in [-0.4, -0.2) is 97.7 Å². The molecule has 2 aliphatic rings. The SMILES string of the molecule is Cc1ccc2c(NC3CCN(C(=O)CC[C@H](N)C(=O)O)CC3)nc(NCc3cn(CCCNCCCNC4CCCCC4)nn3)nc2c1. The Morgan fingerprint density at radius 3 is 2.60 bits per heavy atom. The summed E-state index contributed by atoms with van der Waals surface area (Å²) in [5.41, 5.74) is 8.35. The number of fused-ring (bicyclic) bond motifs is 1. The molecule has 1 aromatic carbocycles. The Hall–Kier alpha value is -3.88. The normalized spacial score (nSPS) is 16.7. The van der Waals surface area contributed by atoms with Gasteiger partial charge in [-0.3, -0.25) is 14.3 Å². The number of benzene rings is 1. The van der Waals surface area contributed by atoms with Gasteiger partial charge in [-0.2, -0.15) is 4.98 Å². The summed E-state index contributed by atoms with van der Waals surface area (Å²) in [6, 6.07) is 5.99. The van der Waals surface area contributed by atoms with Crippen molar-refractivity contribution in [2.24, 2.45) is 5.73 Å². The highest BCUT2D eigenvalue weighted by molar-refractivity contribution is 5.90. The van der Waals surface area contributed by atoms with Gasteiger partial charge >= 0.3 is 5.97 Å². The number of aryl methyl sites for hydroxylation is 2. The molecule has 0 radical (unpaired) electrons. The number of aromatic nitrogens is 5. The van der Waals surface area contributed by atoms with E-state index < -0.39 is 12.0 Å². The predicted molar refractivity (Wildman–Crippen MR) is 187 cm³/mol. The van der Waals surface area contributed by atoms with E-state index >= 15 is 0 Å². The second-order valence-electron chi connectivity index (χ2n) is 13.3. The van der Waals surface area contributed by atoms with Crippen LogP contribution >= 0.6 is 0 Å². The number of nitrogens with two attached hydrogens (primary N) is 1. The molecular weight excluding hydrogens is 610 g/mol. The molecule has 1 saturated heterocycles. The number of nitrogens with zero attached hydrogens (tertiary/aromatic N) is 6. The fraction of sp³-hybridized carbons (Fsp3) is 0.647. The molecule has 7 N–H and O–H groups in total. The molecule has 5 rings (SSSR count). The average molecular weight is 664 g/mol. The van der Waals surface area contributed by atoms with E-state index in [1.807, 2.05) is 29.9 Å². The quantitative estimate of drug-likeness (QED) is 0.109. The second-order valence-corrected chi connectivity index (χ2v) is 13.3. The van der Waals surface area contributed by atoms with Crippen molar-refractivity contribution < 1.29 is 14.7 Å². The lowest BCUT2D eigenvalue weighted by molar-refractivity contribution is -0.139. The van der Waals surface area contributed by atoms with E-state index in [1.165, 1.54) is 32.1 Å². The lowest BCUT2D eigenvalue weighted by Crippen LogP contribution is -2.43. The van der Waals surface area contributed by atoms with E-state index in [1.54, 1.807) is 4.90 Å². The summed E-state index contributed by atoms with van der Waals surface area (Å²) in [4.78, 5) is 35.0. The van der Waals surface area contributed by atoms with Crippen LogP contribution in [0.25, 0.3) is 10.9 Å². The third-order valence-corrected chi connectivity index (χ3v) is 9.35. The van der Waals surface area contributed by atoms with Crippen molar-refractivity contribution >= 4 is 34.5 Å². The van der Waals surface area contributed by atoms with Crippen molar-refractivity contribution in [2.75, 3.05) is 43.4 Å². The molecule has 1 amide bonds. The van der Waals surface area contributed by atoms with Crippen molar-refractivity contribution in [3.05, 3.63) is 35.7 Å². The van der Waals surface area contributed by atoms with Gasteiger partial charge in [0.25, 0.3) is 0 Å². The number of amides is 1. The minimum absolute atomic E-state index is 0.0544. The molecule has 3 aromatic rings. The lowest BCUT2D eigenvalue weighted by atomic mass is 9.95. The van der Waals surface area contributed by atoms with E-state index in [9.17, 15) is 9.59 Å². The van der Waals surface area contributed by atoms with Crippen LogP contribution in [0.3, 0.4) is 0 Å². The second kappa shape index (κ2) is 18.0. The summed E-state index contributed by atoms with van der Waals surface area (Å²) < 4.78 is 1.89. The van der Waals surface area contributed by atoms with Crippen molar-refractivity contribution in [3.8, 4) is 0 Å². The summed E-state index contributed by atoms with van der Waals surface area (Å²) in [6.07, 6.45) is 12.7. The molecule has 14 nitrogen and oxygen atoms in total. The van der Waals surface area contributed by atoms with Crippen LogP contribution in [-0.2, 0) is 22.7 Å². The molecule has 1 saturated carbocycles. The molecule has 2 fully saturated rings. The third kappa shape index (κ3) is 10.8. The van der Waals surface area contributed by atoms with Gasteiger partial charge in [0.15, 0.2) is 0 Å². The van der Waals surface area contributed by atoms with Gasteiger partial charge in [-0.1, -0.05) is 30.5 Å². The standard InChI is InChI=1S/C34H53N11O3/c1-24-9-10-28-30(21-24)40-34(41-32(28)39-26-13-19-44(20-14-26)31(46)12-11-29(35)33(47)48)38-22-27-23-45(43-42-27)18-6-16-36-15-5-17-37-25-7-3-2-4-8-25/h9-10,21,23,25-26,29,36-37H,2-8,11-20,22,35H2,1H3,(H,47,48)(H2,38,39,40,41)/t29-/m0/s1. The van der Waals surface area contributed by atoms with Crippen molar-refractivity contribution in [3.63, 3.8) is 0 Å². The molecule has 48 heavy (non-hydrogen) atoms. The first-order valence-corrected chi connectivity index (χ1v) is 17.7. The van der Waals surface area contributed by atoms with Crippen LogP contribution in [0.2, 0.25) is 0 Å². The molecular formula is C34H53N11O3. The van der Waals surface area contributed by atoms with E-state index in [0.717, 1.165) is 85.9 Å². The number of carboxylic acid groups (broad SMARTS) is 1. The monoisotopic (exact) mass is 663 g/mol. The fourth-order valence-corrected chi connectivity index (χ4v) is 6.47. The highest BCUT2D eigenvalue weighted by Gasteiger charge is 2.25. The van der Waals surface area contributed by atoms with Crippen molar-refractivity contribution in [1.82, 2.24) is 40.5 Å². The predicted octanol–water partition coefficient (Wildman–Crippen LogP) is 3.03. The lowest BCUT2D eigenvalue weighted by Gasteiger charge is -2.33. The van der Waals surface area contributed by atoms with Gasteiger partial charge in [0, 0.05) is 43.5 Å². The minimum atomic E-state index is -1.08. The molecule has 0 unspecified atom stereocenters. The Labute approximate surface area is 283 Å². The number of likely N-dealkylation sites (tertiary alicyclic amines) is 1. The van der Waals surface area contributed by atoms with Crippen LogP contribution in [0.5, 0.6) is 0 Å². The summed E-state index contributed by atoms with van der Waals surface area (Å²) in [7, 11) is 0. The number of carboxylic acids is 1. The van der Waals surface area contributed by atoms with Crippen LogP contribution in [0.15, 0.2) is 24.4 Å². The molecule has 14 heteroatoms. The molecule has 262 valence electrons. The van der Waals surface area contributed by atoms with Crippen LogP contribution < -0.4 is 27.0 Å². The molecule has 0 spiro atoms. The van der Waals surface area contributed by atoms with Crippen LogP contribution in [0.4, 0.5) is 11.8 Å². The number of carbonyl (C=O) groups excluding carboxylic acids is 1. The zero-order valence-electron chi connectivity index (χ0n) is 28.3. The first-order chi connectivity index (χ1) is 23.3. The summed E-state index contributed by atoms with van der Waals surface area (Å²) >= 11 is 0. The number of hydrogen-bond acceptors (Lipinski definition) is 11. The Kier molecular flexibility index (Phi) is 13.3. The maximum absolute atomic E-state index is 12.6. The Balaban J connectivity index is 1.06. The number of carbonyl (C=O) groups is 2. The van der Waals surface area contributed by atoms with E-state index in [0.29, 0.717) is 25.6 Å². The van der Waals surface area contributed by atoms with Gasteiger partial charge in [-0.05, 0) is 89.2 Å². The summed E-state index contributed by atoms with van der Waals surface area (Å²) in [6.45, 7) is 7.56. The highest BCUT2D eigenvalue weighted by Crippen LogP contribution is 2.26. The molecule has 3 heterocycles. The zero-order valence-corrected chi connectivity index (χ0v) is 28.3. The number of hydrogen-bond donors (Lipinski definition) is 6. The van der Waals surface area contributed by atoms with Crippen molar-refractivity contribution in [1.29, 1.82) is 0 Å². The summed E-state index contributed by atoms with van der Waals surface area (Å²) in [5.74, 6) is 0.122. The van der Waals surface area contributed by atoms with Crippen LogP contribution in [0, 0.1) is 6.92 Å². The summed E-state index contributed by atoms with van der Waals surface area (Å²) in [5, 5.41) is 32.8. The Morgan fingerprint density at radius 1 is 1.02 bits per heavy atom. The number of anilines is 2. The van der Waals surface area contributed by atoms with Gasteiger partial charge in [0.2, 0.25) is 11.9 Å². The van der Waals surface area contributed by atoms with Gasteiger partial charge < -0.3 is 37.0 Å². The van der Waals surface area contributed by atoms with Gasteiger partial charge in [0.1, 0.15) is 17.6 Å². The zero-order chi connectivity index (χ0) is 33.7. The topological polar surface area (TPSA) is 188 Å². The van der Waals surface area contributed by atoms with Gasteiger partial charge in [-0.15, -0.1) is 5.10 Å². The van der Waals surface area contributed by atoms with E-state index in [-0.39, 0.29) is 24.8 Å². The number of nitrogens with one attached hydrogen (secondary N) is 4. The fourth-order valence-electron chi connectivity index (χ4n) is 6.47. The maximum atomic E-state index is 12.6. The molecule has 1 atom stereocenters. The Morgan fingerprint density at radius 2 is 1.81 bits per heavy atom. The largest absolute Gasteiger partial charge is 0.480 e. The maximum Gasteiger partial charge on any atom is 0.320 e. The number of piperidine rings is 1. The van der Waals surface area contributed by atoms with Gasteiger partial charge in [-0.25, -0.2) is 4.98 Å². The minimum Gasteiger partial charge on any atom is -0.480 e. The van der Waals surface area contributed by atoms with Crippen molar-refractivity contribution in [2.45, 2.75) is 109 Å². The van der Waals surface area contributed by atoms with E-state index in [2.05, 4.69) is 37.6 Å². The molecule has 0 bridgehead atoms. The molecule has 2 aromatic heterocycles. The number of aliphatic carboxylic acids is 1. The van der Waals surface area contributed by atoms with Crippen LogP contribution in [0.1, 0.15) is 81.9 Å². The highest BCUT2D eigenvalue weighted by atomic mass is 16.4. The average Bonchev–Trinajstić information content (AvgIpc) is 3.55. The molecule has 1 aliphatic carbocycles. The smallest absolute Gasteiger partial charge is 0.320 e. The Bertz CT molecular complexity index is 1470. The molecule has 1 aliphatic heterocycles. The number of rotatable bonds is 18.